The number of H-pyrrole nitrogens is 1. The topological polar surface area (TPSA) is 252 Å². The number of carbonyl (C=O) groups excluding carboxylic acids is 4. The fourth-order valence-electron chi connectivity index (χ4n) is 4.42. The van der Waals surface area contributed by atoms with Gasteiger partial charge in [-0.15, -0.1) is 10.2 Å². The Kier molecular flexibility index (Phi) is 14.4. The van der Waals surface area contributed by atoms with Crippen LogP contribution in [0.5, 0.6) is 0 Å². The number of benzene rings is 2. The third-order valence-corrected chi connectivity index (χ3v) is 8.75. The zero-order valence-corrected chi connectivity index (χ0v) is 28.8. The number of aromatic amines is 1. The number of carboxylic acids is 1. The number of hydrogen-bond acceptors (Lipinski definition) is 11. The molecule has 4 atom stereocenters. The lowest BCUT2D eigenvalue weighted by Gasteiger charge is -2.27. The summed E-state index contributed by atoms with van der Waals surface area (Å²) in [6.07, 6.45) is -0.0252. The number of amides is 4. The number of hydrogen-bond donors (Lipinski definition) is 6. The number of tetrazole rings is 1. The SMILES string of the molecule is CC(C)[C@H](NC(=O)[C@@H](NC(=O)[C@H](CC(=O)O)NC(=O)OCc1ccccc1)c1ccccc1)C(=O)N[C@H](/C=C(\Cl)S(C)(=O)=O)Cc1nn[nH]n1. The molecule has 4 amide bonds. The molecular formula is C31H37ClN8O9S. The minimum Gasteiger partial charge on any atom is -0.481 e. The predicted molar refractivity (Wildman–Crippen MR) is 178 cm³/mol. The lowest BCUT2D eigenvalue weighted by molar-refractivity contribution is -0.140. The molecule has 0 fully saturated rings. The summed E-state index contributed by atoms with van der Waals surface area (Å²) in [4.78, 5) is 64.9. The van der Waals surface area contributed by atoms with E-state index in [1.165, 1.54) is 12.1 Å². The second kappa shape index (κ2) is 18.4. The third-order valence-electron chi connectivity index (χ3n) is 6.93. The lowest BCUT2D eigenvalue weighted by Crippen LogP contribution is -2.56. The van der Waals surface area contributed by atoms with Crippen molar-refractivity contribution < 1.29 is 42.2 Å². The second-order valence-corrected chi connectivity index (χ2v) is 13.9. The van der Waals surface area contributed by atoms with E-state index in [0.717, 1.165) is 12.3 Å². The van der Waals surface area contributed by atoms with E-state index >= 15 is 0 Å². The van der Waals surface area contributed by atoms with Crippen LogP contribution in [0.25, 0.3) is 0 Å². The van der Waals surface area contributed by atoms with Crippen LogP contribution in [0.2, 0.25) is 0 Å². The molecule has 1 heterocycles. The quantitative estimate of drug-likeness (QED) is 0.114. The fourth-order valence-corrected chi connectivity index (χ4v) is 4.99. The maximum Gasteiger partial charge on any atom is 0.408 e. The third kappa shape index (κ3) is 12.6. The maximum absolute atomic E-state index is 13.8. The Bertz CT molecular complexity index is 1760. The fraction of sp³-hybridized carbons (Fsp3) is 0.355. The van der Waals surface area contributed by atoms with Crippen molar-refractivity contribution in [1.82, 2.24) is 41.9 Å². The highest BCUT2D eigenvalue weighted by molar-refractivity contribution is 7.96. The van der Waals surface area contributed by atoms with Gasteiger partial charge in [0.1, 0.15) is 29.1 Å². The van der Waals surface area contributed by atoms with Crippen molar-refractivity contribution in [2.45, 2.75) is 57.5 Å². The van der Waals surface area contributed by atoms with Crippen LogP contribution in [0.1, 0.15) is 43.3 Å². The van der Waals surface area contributed by atoms with Crippen molar-refractivity contribution >= 4 is 51.2 Å². The van der Waals surface area contributed by atoms with Gasteiger partial charge < -0.3 is 31.1 Å². The molecule has 2 aromatic carbocycles. The van der Waals surface area contributed by atoms with Gasteiger partial charge in [0.05, 0.1) is 12.5 Å². The maximum atomic E-state index is 13.8. The van der Waals surface area contributed by atoms with Gasteiger partial charge in [-0.05, 0) is 23.1 Å². The standard InChI is InChI=1S/C31H37ClN8O9S/c1-18(2)26(29(44)33-21(14-23(32)50(3,47)48)15-24-37-39-40-38-24)35-30(45)27(20-12-8-5-9-13-20)36-28(43)22(16-25(41)42)34-31(46)49-17-19-10-6-4-7-11-19/h4-14,18,21-22,26-27H,15-17H2,1-3H3,(H,33,44)(H,34,46)(H,35,45)(H,36,43)(H,41,42)(H,37,38,39,40)/b23-14+/t21-,22+,26+,27+/m1/s1. The average molecular weight is 733 g/mol. The number of aliphatic carboxylic acids is 1. The number of nitrogens with zero attached hydrogens (tertiary/aromatic N) is 3. The first-order valence-electron chi connectivity index (χ1n) is 15.1. The number of carboxylic acid groups (broad SMARTS) is 1. The number of ether oxygens (including phenoxy) is 1. The number of nitrogens with one attached hydrogen (secondary N) is 5. The van der Waals surface area contributed by atoms with E-state index in [0.29, 0.717) is 5.56 Å². The second-order valence-electron chi connectivity index (χ2n) is 11.3. The first-order valence-corrected chi connectivity index (χ1v) is 17.4. The highest BCUT2D eigenvalue weighted by atomic mass is 35.5. The Labute approximate surface area is 292 Å². The van der Waals surface area contributed by atoms with Crippen molar-refractivity contribution in [3.8, 4) is 0 Å². The molecule has 0 aliphatic carbocycles. The van der Waals surface area contributed by atoms with Gasteiger partial charge in [0, 0.05) is 12.7 Å². The van der Waals surface area contributed by atoms with Crippen LogP contribution in [0.4, 0.5) is 4.79 Å². The van der Waals surface area contributed by atoms with Gasteiger partial charge in [0.15, 0.2) is 15.7 Å². The number of aromatic nitrogens is 4. The summed E-state index contributed by atoms with van der Waals surface area (Å²) in [5.74, 6) is -4.41. The predicted octanol–water partition coefficient (Wildman–Crippen LogP) is 1.12. The summed E-state index contributed by atoms with van der Waals surface area (Å²) in [5.41, 5.74) is 0.932. The summed E-state index contributed by atoms with van der Waals surface area (Å²) in [6, 6.07) is 11.2. The number of sulfone groups is 1. The molecular weight excluding hydrogens is 696 g/mol. The lowest BCUT2D eigenvalue weighted by atomic mass is 10.00. The summed E-state index contributed by atoms with van der Waals surface area (Å²) >= 11 is 5.97. The molecule has 3 rings (SSSR count). The molecule has 0 aliphatic heterocycles. The van der Waals surface area contributed by atoms with Crippen LogP contribution in [0.15, 0.2) is 71.1 Å². The number of alkyl carbamates (subject to hydrolysis) is 1. The highest BCUT2D eigenvalue weighted by Crippen LogP contribution is 2.17. The smallest absolute Gasteiger partial charge is 0.408 e. The average Bonchev–Trinajstić information content (AvgIpc) is 3.57. The molecule has 0 spiro atoms. The molecule has 0 unspecified atom stereocenters. The molecule has 17 nitrogen and oxygen atoms in total. The van der Waals surface area contributed by atoms with E-state index in [1.807, 2.05) is 0 Å². The van der Waals surface area contributed by atoms with Gasteiger partial charge >= 0.3 is 12.1 Å². The Hall–Kier alpha value is -5.36. The van der Waals surface area contributed by atoms with E-state index in [4.69, 9.17) is 16.3 Å². The number of carbonyl (C=O) groups is 5. The van der Waals surface area contributed by atoms with E-state index in [9.17, 15) is 37.5 Å². The van der Waals surface area contributed by atoms with Crippen molar-refractivity contribution in [3.63, 3.8) is 0 Å². The van der Waals surface area contributed by atoms with Crippen LogP contribution in [-0.4, -0.2) is 88.3 Å². The minimum absolute atomic E-state index is 0.110. The zero-order valence-electron chi connectivity index (χ0n) is 27.2. The van der Waals surface area contributed by atoms with Gasteiger partial charge in [0.2, 0.25) is 17.7 Å². The van der Waals surface area contributed by atoms with Gasteiger partial charge in [0.25, 0.3) is 0 Å². The highest BCUT2D eigenvalue weighted by Gasteiger charge is 2.33. The molecule has 0 bridgehead atoms. The molecule has 268 valence electrons. The summed E-state index contributed by atoms with van der Waals surface area (Å²) in [6.45, 7) is 3.14. The van der Waals surface area contributed by atoms with Crippen molar-refractivity contribution in [2.24, 2.45) is 5.92 Å². The Morgan fingerprint density at radius 1 is 0.920 bits per heavy atom. The van der Waals surface area contributed by atoms with Crippen LogP contribution in [0.3, 0.4) is 0 Å². The van der Waals surface area contributed by atoms with Crippen LogP contribution in [-0.2, 0) is 46.8 Å². The summed E-state index contributed by atoms with van der Waals surface area (Å²) in [7, 11) is -3.83. The van der Waals surface area contributed by atoms with Crippen molar-refractivity contribution in [2.75, 3.05) is 6.26 Å². The zero-order chi connectivity index (χ0) is 36.8. The summed E-state index contributed by atoms with van der Waals surface area (Å²) in [5, 5.41) is 32.7. The molecule has 6 N–H and O–H groups in total. The largest absolute Gasteiger partial charge is 0.481 e. The monoisotopic (exact) mass is 732 g/mol. The van der Waals surface area contributed by atoms with E-state index < -0.39 is 80.5 Å². The van der Waals surface area contributed by atoms with Gasteiger partial charge in [-0.2, -0.15) is 5.21 Å². The minimum atomic E-state index is -3.83. The Morgan fingerprint density at radius 3 is 2.12 bits per heavy atom. The molecule has 0 aliphatic rings. The molecule has 0 saturated heterocycles. The van der Waals surface area contributed by atoms with Crippen LogP contribution >= 0.6 is 11.6 Å². The normalized spacial score (nSPS) is 14.1. The van der Waals surface area contributed by atoms with Crippen LogP contribution < -0.4 is 21.3 Å². The number of rotatable bonds is 17. The van der Waals surface area contributed by atoms with Crippen LogP contribution in [0, 0.1) is 5.92 Å². The van der Waals surface area contributed by atoms with Crippen molar-refractivity contribution in [1.29, 1.82) is 0 Å². The van der Waals surface area contributed by atoms with Gasteiger partial charge in [-0.1, -0.05) is 91.3 Å². The van der Waals surface area contributed by atoms with E-state index in [2.05, 4.69) is 41.9 Å². The van der Waals surface area contributed by atoms with E-state index in [-0.39, 0.29) is 24.4 Å². The molecule has 3 aromatic rings. The Balaban J connectivity index is 1.81. The Morgan fingerprint density at radius 2 is 1.56 bits per heavy atom. The number of halogens is 1. The van der Waals surface area contributed by atoms with Crippen molar-refractivity contribution in [3.05, 3.63) is 88.1 Å². The van der Waals surface area contributed by atoms with Gasteiger partial charge in [-0.3, -0.25) is 19.2 Å². The van der Waals surface area contributed by atoms with Gasteiger partial charge in [-0.25, -0.2) is 13.2 Å². The molecule has 0 saturated carbocycles. The summed E-state index contributed by atoms with van der Waals surface area (Å²) < 4.78 is 28.6. The molecule has 19 heteroatoms. The molecule has 0 radical (unpaired) electrons. The first kappa shape index (κ1) is 39.1. The first-order chi connectivity index (χ1) is 23.6. The van der Waals surface area contributed by atoms with E-state index in [1.54, 1.807) is 62.4 Å². The molecule has 1 aromatic heterocycles. The molecule has 50 heavy (non-hydrogen) atoms.